The van der Waals surface area contributed by atoms with Gasteiger partial charge in [-0.05, 0) is 0 Å². The van der Waals surface area contributed by atoms with Crippen LogP contribution in [0.25, 0.3) is 0 Å². The van der Waals surface area contributed by atoms with Gasteiger partial charge in [0.2, 0.25) is 0 Å². The SMILES string of the molecule is C1CSC2(O1)OCCS2. The first kappa shape index (κ1) is 6.34. The molecule has 0 bridgehead atoms. The number of ether oxygens (including phenoxy) is 2. The van der Waals surface area contributed by atoms with Crippen molar-refractivity contribution < 1.29 is 9.47 Å². The minimum atomic E-state index is -0.278. The summed E-state index contributed by atoms with van der Waals surface area (Å²) in [5, 5.41) is 0. The molecule has 0 aromatic carbocycles. The van der Waals surface area contributed by atoms with Crippen LogP contribution in [-0.4, -0.2) is 29.2 Å². The van der Waals surface area contributed by atoms with Gasteiger partial charge in [-0.2, -0.15) is 0 Å². The lowest BCUT2D eigenvalue weighted by molar-refractivity contribution is -0.0784. The second kappa shape index (κ2) is 2.34. The van der Waals surface area contributed by atoms with Gasteiger partial charge in [-0.3, -0.25) is 0 Å². The van der Waals surface area contributed by atoms with Crippen molar-refractivity contribution >= 4 is 23.5 Å². The Morgan fingerprint density at radius 1 is 1.00 bits per heavy atom. The Bertz CT molecular complexity index is 88.0. The first-order chi connectivity index (χ1) is 4.41. The van der Waals surface area contributed by atoms with Crippen molar-refractivity contribution in [3.63, 3.8) is 0 Å². The molecule has 2 rings (SSSR count). The zero-order valence-electron chi connectivity index (χ0n) is 4.96. The molecule has 52 valence electrons. The molecule has 0 saturated carbocycles. The van der Waals surface area contributed by atoms with Crippen molar-refractivity contribution in [3.8, 4) is 0 Å². The normalized spacial score (nSPS) is 32.0. The monoisotopic (exact) mass is 164 g/mol. The van der Waals surface area contributed by atoms with Crippen LogP contribution in [0.5, 0.6) is 0 Å². The highest BCUT2D eigenvalue weighted by Crippen LogP contribution is 2.46. The van der Waals surface area contributed by atoms with Crippen LogP contribution in [0.4, 0.5) is 0 Å². The van der Waals surface area contributed by atoms with E-state index in [0.29, 0.717) is 0 Å². The van der Waals surface area contributed by atoms with Gasteiger partial charge < -0.3 is 9.47 Å². The van der Waals surface area contributed by atoms with Crippen LogP contribution in [0.3, 0.4) is 0 Å². The van der Waals surface area contributed by atoms with Gasteiger partial charge >= 0.3 is 0 Å². The summed E-state index contributed by atoms with van der Waals surface area (Å²) in [6.45, 7) is 1.69. The fourth-order valence-electron chi connectivity index (χ4n) is 0.917. The fraction of sp³-hybridized carbons (Fsp3) is 1.00. The van der Waals surface area contributed by atoms with Crippen molar-refractivity contribution in [2.45, 2.75) is 4.45 Å². The average molecular weight is 164 g/mol. The third-order valence-electron chi connectivity index (χ3n) is 1.28. The molecule has 0 aromatic rings. The molecule has 0 aliphatic carbocycles. The van der Waals surface area contributed by atoms with Crippen LogP contribution >= 0.6 is 23.5 Å². The summed E-state index contributed by atoms with van der Waals surface area (Å²) >= 11 is 3.54. The molecule has 0 N–H and O–H groups in total. The van der Waals surface area contributed by atoms with Gasteiger partial charge in [0.15, 0.2) is 0 Å². The minimum absolute atomic E-state index is 0.278. The Labute approximate surface area is 62.7 Å². The number of hydrogen-bond acceptors (Lipinski definition) is 4. The molecular weight excluding hydrogens is 156 g/mol. The summed E-state index contributed by atoms with van der Waals surface area (Å²) < 4.78 is 10.5. The van der Waals surface area contributed by atoms with Crippen molar-refractivity contribution in [3.05, 3.63) is 0 Å². The Kier molecular flexibility index (Phi) is 1.65. The molecule has 0 unspecified atom stereocenters. The van der Waals surface area contributed by atoms with Gasteiger partial charge in [-0.1, -0.05) is 23.5 Å². The van der Waals surface area contributed by atoms with E-state index in [9.17, 15) is 0 Å². The molecule has 2 saturated heterocycles. The maximum absolute atomic E-state index is 5.41. The van der Waals surface area contributed by atoms with Gasteiger partial charge in [0.05, 0.1) is 13.2 Å². The van der Waals surface area contributed by atoms with Crippen LogP contribution < -0.4 is 0 Å². The molecule has 2 aliphatic heterocycles. The zero-order valence-corrected chi connectivity index (χ0v) is 6.59. The fourth-order valence-corrected chi connectivity index (χ4v) is 3.25. The highest BCUT2D eigenvalue weighted by atomic mass is 32.2. The quantitative estimate of drug-likeness (QED) is 0.534. The topological polar surface area (TPSA) is 18.5 Å². The van der Waals surface area contributed by atoms with E-state index in [-0.39, 0.29) is 4.45 Å². The van der Waals surface area contributed by atoms with Gasteiger partial charge in [0.25, 0.3) is 4.45 Å². The van der Waals surface area contributed by atoms with Gasteiger partial charge in [-0.25, -0.2) is 0 Å². The van der Waals surface area contributed by atoms with E-state index < -0.39 is 0 Å². The first-order valence-electron chi connectivity index (χ1n) is 2.97. The Balaban J connectivity index is 2.04. The highest BCUT2D eigenvalue weighted by molar-refractivity contribution is 8.18. The van der Waals surface area contributed by atoms with Crippen LogP contribution in [-0.2, 0) is 9.47 Å². The summed E-state index contributed by atoms with van der Waals surface area (Å²) in [5.41, 5.74) is 0. The van der Waals surface area contributed by atoms with Gasteiger partial charge in [0, 0.05) is 11.5 Å². The second-order valence-corrected chi connectivity index (χ2v) is 4.62. The molecular formula is C5H8O2S2. The maximum Gasteiger partial charge on any atom is 0.269 e. The minimum Gasteiger partial charge on any atom is -0.332 e. The third-order valence-corrected chi connectivity index (χ3v) is 3.91. The van der Waals surface area contributed by atoms with Crippen LogP contribution in [0.1, 0.15) is 0 Å². The summed E-state index contributed by atoms with van der Waals surface area (Å²) in [6.07, 6.45) is 0. The molecule has 2 aliphatic rings. The van der Waals surface area contributed by atoms with Crippen molar-refractivity contribution in [2.24, 2.45) is 0 Å². The largest absolute Gasteiger partial charge is 0.332 e. The zero-order chi connectivity index (χ0) is 6.16. The Hall–Kier alpha value is 0.620. The summed E-state index contributed by atoms with van der Waals surface area (Å²) in [5.74, 6) is 2.15. The van der Waals surface area contributed by atoms with Crippen LogP contribution in [0.15, 0.2) is 0 Å². The van der Waals surface area contributed by atoms with Gasteiger partial charge in [0.1, 0.15) is 0 Å². The number of thioether (sulfide) groups is 2. The Morgan fingerprint density at radius 3 is 1.89 bits per heavy atom. The molecule has 0 atom stereocenters. The molecule has 9 heavy (non-hydrogen) atoms. The second-order valence-electron chi connectivity index (χ2n) is 1.89. The third kappa shape index (κ3) is 1.09. The first-order valence-corrected chi connectivity index (χ1v) is 4.94. The molecule has 0 amide bonds. The lowest BCUT2D eigenvalue weighted by atomic mass is 10.9. The number of hydrogen-bond donors (Lipinski definition) is 0. The van der Waals surface area contributed by atoms with E-state index >= 15 is 0 Å². The van der Waals surface area contributed by atoms with Crippen molar-refractivity contribution in [1.82, 2.24) is 0 Å². The number of rotatable bonds is 0. The van der Waals surface area contributed by atoms with E-state index in [1.54, 1.807) is 23.5 Å². The lowest BCUT2D eigenvalue weighted by Crippen LogP contribution is -2.17. The van der Waals surface area contributed by atoms with E-state index in [2.05, 4.69) is 0 Å². The summed E-state index contributed by atoms with van der Waals surface area (Å²) in [6, 6.07) is 0. The van der Waals surface area contributed by atoms with E-state index in [0.717, 1.165) is 24.7 Å². The van der Waals surface area contributed by atoms with E-state index in [1.807, 2.05) is 0 Å². The smallest absolute Gasteiger partial charge is 0.269 e. The molecule has 1 spiro atoms. The van der Waals surface area contributed by atoms with Crippen molar-refractivity contribution in [2.75, 3.05) is 24.7 Å². The molecule has 4 heteroatoms. The molecule has 2 heterocycles. The summed E-state index contributed by atoms with van der Waals surface area (Å²) in [4.78, 5) is 0. The highest BCUT2D eigenvalue weighted by Gasteiger charge is 2.41. The standard InChI is InChI=1S/C5H8O2S2/c1-3-8-5(6-1)7-2-4-9-5/h1-4H2. The molecule has 0 radical (unpaired) electrons. The van der Waals surface area contributed by atoms with Crippen LogP contribution in [0, 0.1) is 0 Å². The lowest BCUT2D eigenvalue weighted by Gasteiger charge is -2.17. The van der Waals surface area contributed by atoms with Crippen LogP contribution in [0.2, 0.25) is 0 Å². The van der Waals surface area contributed by atoms with Crippen molar-refractivity contribution in [1.29, 1.82) is 0 Å². The molecule has 2 nitrogen and oxygen atoms in total. The molecule has 2 fully saturated rings. The molecule has 0 aromatic heterocycles. The maximum atomic E-state index is 5.41. The van der Waals surface area contributed by atoms with E-state index in [4.69, 9.17) is 9.47 Å². The Morgan fingerprint density at radius 2 is 1.56 bits per heavy atom. The predicted octanol–water partition coefficient (Wildman–Crippen LogP) is 1.12. The van der Waals surface area contributed by atoms with E-state index in [1.165, 1.54) is 0 Å². The van der Waals surface area contributed by atoms with Gasteiger partial charge in [-0.15, -0.1) is 0 Å². The average Bonchev–Trinajstić information content (AvgIpc) is 2.45. The summed E-state index contributed by atoms with van der Waals surface area (Å²) in [7, 11) is 0. The predicted molar refractivity (Wildman–Crippen MR) is 39.6 cm³/mol.